The number of sulfonamides is 2. The number of nitrogens with one attached hydrogen (secondary N) is 2. The highest BCUT2D eigenvalue weighted by molar-refractivity contribution is 7.92. The van der Waals surface area contributed by atoms with Gasteiger partial charge in [0.25, 0.3) is 5.91 Å². The summed E-state index contributed by atoms with van der Waals surface area (Å²) >= 11 is 0. The highest BCUT2D eigenvalue weighted by Crippen LogP contribution is 2.31. The minimum absolute atomic E-state index is 0.0680. The van der Waals surface area contributed by atoms with E-state index in [0.29, 0.717) is 13.2 Å². The summed E-state index contributed by atoms with van der Waals surface area (Å²) in [5.41, 5.74) is 0.420. The molecule has 0 bridgehead atoms. The van der Waals surface area contributed by atoms with Crippen LogP contribution in [-0.4, -0.2) is 66.2 Å². The normalized spacial score (nSPS) is 15.2. The van der Waals surface area contributed by atoms with Crippen LogP contribution in [0.3, 0.4) is 0 Å². The molecule has 1 saturated heterocycles. The van der Waals surface area contributed by atoms with Crippen molar-refractivity contribution < 1.29 is 31.1 Å². The van der Waals surface area contributed by atoms with E-state index in [1.54, 1.807) is 19.1 Å². The molecule has 0 saturated carbocycles. The maximum Gasteiger partial charge on any atom is 0.257 e. The minimum Gasteiger partial charge on any atom is -0.492 e. The first-order valence-corrected chi connectivity index (χ1v) is 13.2. The summed E-state index contributed by atoms with van der Waals surface area (Å²) < 4.78 is 64.0. The van der Waals surface area contributed by atoms with E-state index in [9.17, 15) is 21.6 Å². The van der Waals surface area contributed by atoms with Crippen LogP contribution < -0.4 is 14.8 Å². The van der Waals surface area contributed by atoms with E-state index < -0.39 is 26.0 Å². The molecule has 0 radical (unpaired) electrons. The lowest BCUT2D eigenvalue weighted by atomic mass is 10.1. The molecular formula is C20H25N3O7S2. The van der Waals surface area contributed by atoms with E-state index >= 15 is 0 Å². The lowest BCUT2D eigenvalue weighted by Gasteiger charge is -2.27. The Hall–Kier alpha value is -2.67. The predicted octanol–water partition coefficient (Wildman–Crippen LogP) is 1.73. The zero-order chi connectivity index (χ0) is 23.4. The monoisotopic (exact) mass is 483 g/mol. The molecular weight excluding hydrogens is 458 g/mol. The number of para-hydroxylation sites is 1. The number of benzene rings is 2. The van der Waals surface area contributed by atoms with Crippen LogP contribution in [0.4, 0.5) is 11.4 Å². The summed E-state index contributed by atoms with van der Waals surface area (Å²) in [4.78, 5) is 12.8. The zero-order valence-corrected chi connectivity index (χ0v) is 19.3. The number of carbonyl (C=O) groups excluding carboxylic acids is 1. The summed E-state index contributed by atoms with van der Waals surface area (Å²) in [6, 6.07) is 10.4. The van der Waals surface area contributed by atoms with Gasteiger partial charge < -0.3 is 14.8 Å². The predicted molar refractivity (Wildman–Crippen MR) is 120 cm³/mol. The van der Waals surface area contributed by atoms with Gasteiger partial charge in [0.2, 0.25) is 20.0 Å². The molecule has 1 aliphatic rings. The number of rotatable bonds is 8. The van der Waals surface area contributed by atoms with E-state index in [2.05, 4.69) is 10.0 Å². The first-order valence-electron chi connectivity index (χ1n) is 9.84. The molecule has 0 spiro atoms. The quantitative estimate of drug-likeness (QED) is 0.585. The first kappa shape index (κ1) is 24.0. The highest BCUT2D eigenvalue weighted by atomic mass is 32.2. The SMILES string of the molecule is CCOc1ccc(NC(=O)c2ccccc2NS(C)(=O)=O)cc1S(=O)(=O)N1CCOCC1. The molecule has 2 aromatic rings. The van der Waals surface area contributed by atoms with Crippen LogP contribution >= 0.6 is 0 Å². The summed E-state index contributed by atoms with van der Waals surface area (Å²) in [6.45, 7) is 3.03. The Morgan fingerprint density at radius 2 is 1.78 bits per heavy atom. The number of morpholine rings is 1. The van der Waals surface area contributed by atoms with Crippen molar-refractivity contribution in [1.82, 2.24) is 4.31 Å². The number of carbonyl (C=O) groups is 1. The molecule has 0 aromatic heterocycles. The topological polar surface area (TPSA) is 131 Å². The van der Waals surface area contributed by atoms with E-state index in [1.807, 2.05) is 0 Å². The maximum atomic E-state index is 13.2. The van der Waals surface area contributed by atoms with Gasteiger partial charge in [0.05, 0.1) is 37.3 Å². The first-order chi connectivity index (χ1) is 15.1. The molecule has 32 heavy (non-hydrogen) atoms. The highest BCUT2D eigenvalue weighted by Gasteiger charge is 2.30. The van der Waals surface area contributed by atoms with Crippen molar-refractivity contribution in [2.75, 3.05) is 49.2 Å². The van der Waals surface area contributed by atoms with Gasteiger partial charge in [-0.15, -0.1) is 0 Å². The molecule has 0 atom stereocenters. The Balaban J connectivity index is 1.93. The molecule has 0 unspecified atom stereocenters. The van der Waals surface area contributed by atoms with Crippen molar-refractivity contribution in [3.8, 4) is 5.75 Å². The number of ether oxygens (including phenoxy) is 2. The average Bonchev–Trinajstić information content (AvgIpc) is 2.74. The summed E-state index contributed by atoms with van der Waals surface area (Å²) in [6.07, 6.45) is 0.983. The molecule has 1 aliphatic heterocycles. The Morgan fingerprint density at radius 3 is 2.44 bits per heavy atom. The fourth-order valence-electron chi connectivity index (χ4n) is 3.16. The fraction of sp³-hybridized carbons (Fsp3) is 0.350. The van der Waals surface area contributed by atoms with Crippen LogP contribution in [0, 0.1) is 0 Å². The Bertz CT molecular complexity index is 1190. The second-order valence-electron chi connectivity index (χ2n) is 6.98. The Kier molecular flexibility index (Phi) is 7.39. The second-order valence-corrected chi connectivity index (χ2v) is 10.6. The number of nitrogens with zero attached hydrogens (tertiary/aromatic N) is 1. The molecule has 1 heterocycles. The van der Waals surface area contributed by atoms with Crippen molar-refractivity contribution in [3.63, 3.8) is 0 Å². The summed E-state index contributed by atoms with van der Waals surface area (Å²) in [5.74, 6) is -0.424. The van der Waals surface area contributed by atoms with Gasteiger partial charge >= 0.3 is 0 Å². The molecule has 174 valence electrons. The second kappa shape index (κ2) is 9.86. The van der Waals surface area contributed by atoms with Gasteiger partial charge in [-0.25, -0.2) is 16.8 Å². The van der Waals surface area contributed by atoms with Crippen molar-refractivity contribution in [3.05, 3.63) is 48.0 Å². The van der Waals surface area contributed by atoms with E-state index in [0.717, 1.165) is 6.26 Å². The van der Waals surface area contributed by atoms with E-state index in [4.69, 9.17) is 9.47 Å². The van der Waals surface area contributed by atoms with Gasteiger partial charge in [0, 0.05) is 18.8 Å². The van der Waals surface area contributed by atoms with Crippen LogP contribution in [0.1, 0.15) is 17.3 Å². The summed E-state index contributed by atoms with van der Waals surface area (Å²) in [7, 11) is -7.48. The van der Waals surface area contributed by atoms with Gasteiger partial charge in [-0.05, 0) is 37.3 Å². The molecule has 1 fully saturated rings. The van der Waals surface area contributed by atoms with Crippen LogP contribution in [0.5, 0.6) is 5.75 Å². The third-order valence-electron chi connectivity index (χ3n) is 4.56. The third kappa shape index (κ3) is 5.76. The molecule has 0 aliphatic carbocycles. The molecule has 10 nitrogen and oxygen atoms in total. The van der Waals surface area contributed by atoms with Crippen molar-refractivity contribution in [2.45, 2.75) is 11.8 Å². The Labute approximate surface area is 187 Å². The lowest BCUT2D eigenvalue weighted by molar-refractivity contribution is 0.0729. The standard InChI is InChI=1S/C20H25N3O7S2/c1-3-30-18-9-8-15(14-19(18)32(27,28)23-10-12-29-13-11-23)21-20(24)16-6-4-5-7-17(16)22-31(2,25)26/h4-9,14,22H,3,10-13H2,1-2H3,(H,21,24). The molecule has 2 aromatic carbocycles. The van der Waals surface area contributed by atoms with Crippen molar-refractivity contribution in [2.24, 2.45) is 0 Å². The van der Waals surface area contributed by atoms with Crippen molar-refractivity contribution in [1.29, 1.82) is 0 Å². The minimum atomic E-state index is -3.88. The number of anilines is 2. The third-order valence-corrected chi connectivity index (χ3v) is 7.07. The van der Waals surface area contributed by atoms with Crippen LogP contribution in [-0.2, 0) is 24.8 Å². The van der Waals surface area contributed by atoms with Crippen molar-refractivity contribution >= 4 is 37.3 Å². The van der Waals surface area contributed by atoms with Gasteiger partial charge in [-0.2, -0.15) is 4.31 Å². The largest absolute Gasteiger partial charge is 0.492 e. The molecule has 3 rings (SSSR count). The lowest BCUT2D eigenvalue weighted by Crippen LogP contribution is -2.40. The average molecular weight is 484 g/mol. The van der Waals surface area contributed by atoms with Gasteiger partial charge in [-0.3, -0.25) is 9.52 Å². The molecule has 2 N–H and O–H groups in total. The van der Waals surface area contributed by atoms with Gasteiger partial charge in [-0.1, -0.05) is 12.1 Å². The van der Waals surface area contributed by atoms with Crippen LogP contribution in [0.15, 0.2) is 47.4 Å². The number of hydrogen-bond donors (Lipinski definition) is 2. The van der Waals surface area contributed by atoms with Gasteiger partial charge in [0.1, 0.15) is 10.6 Å². The number of amides is 1. The fourth-order valence-corrected chi connectivity index (χ4v) is 5.30. The zero-order valence-electron chi connectivity index (χ0n) is 17.7. The van der Waals surface area contributed by atoms with Crippen LogP contribution in [0.2, 0.25) is 0 Å². The Morgan fingerprint density at radius 1 is 1.09 bits per heavy atom. The molecule has 1 amide bonds. The van der Waals surface area contributed by atoms with E-state index in [1.165, 1.54) is 34.6 Å². The summed E-state index contributed by atoms with van der Waals surface area (Å²) in [5, 5.41) is 2.63. The molecule has 12 heteroatoms. The number of hydrogen-bond acceptors (Lipinski definition) is 7. The van der Waals surface area contributed by atoms with Crippen LogP contribution in [0.25, 0.3) is 0 Å². The maximum absolute atomic E-state index is 13.2. The van der Waals surface area contributed by atoms with E-state index in [-0.39, 0.29) is 47.3 Å². The van der Waals surface area contributed by atoms with Gasteiger partial charge in [0.15, 0.2) is 0 Å². The smallest absolute Gasteiger partial charge is 0.257 e.